The van der Waals surface area contributed by atoms with Gasteiger partial charge in [0.05, 0.1) is 19.3 Å². The summed E-state index contributed by atoms with van der Waals surface area (Å²) >= 11 is 0. The fourth-order valence-electron chi connectivity index (χ4n) is 1.47. The zero-order chi connectivity index (χ0) is 13.7. The van der Waals surface area contributed by atoms with Crippen LogP contribution in [-0.4, -0.2) is 41.8 Å². The number of rotatable bonds is 7. The van der Waals surface area contributed by atoms with Crippen LogP contribution in [0, 0.1) is 0 Å². The molecule has 0 fully saturated rings. The molecule has 0 saturated heterocycles. The van der Waals surface area contributed by atoms with Crippen LogP contribution in [0.2, 0.25) is 0 Å². The van der Waals surface area contributed by atoms with E-state index in [1.165, 1.54) is 12.4 Å². The van der Waals surface area contributed by atoms with Crippen molar-refractivity contribution in [2.75, 3.05) is 13.6 Å². The maximum Gasteiger partial charge on any atom is 0.244 e. The molecule has 0 amide bonds. The third-order valence-electron chi connectivity index (χ3n) is 2.50. The van der Waals surface area contributed by atoms with Crippen LogP contribution in [0.4, 0.5) is 0 Å². The Morgan fingerprint density at radius 1 is 1.47 bits per heavy atom. The molecule has 0 radical (unpaired) electrons. The average Bonchev–Trinajstić information content (AvgIpc) is 3.05. The van der Waals surface area contributed by atoms with E-state index >= 15 is 0 Å². The highest BCUT2D eigenvalue weighted by molar-refractivity contribution is 7.89. The van der Waals surface area contributed by atoms with E-state index in [1.807, 2.05) is 7.05 Å². The van der Waals surface area contributed by atoms with Crippen LogP contribution in [0.15, 0.2) is 29.7 Å². The number of sulfonamides is 1. The Kier molecular flexibility index (Phi) is 4.30. The molecule has 104 valence electrons. The molecule has 19 heavy (non-hydrogen) atoms. The van der Waals surface area contributed by atoms with Crippen molar-refractivity contribution in [3.05, 3.63) is 30.6 Å². The van der Waals surface area contributed by atoms with Crippen molar-refractivity contribution in [2.24, 2.45) is 0 Å². The topological polar surface area (TPSA) is 105 Å². The van der Waals surface area contributed by atoms with Gasteiger partial charge in [-0.2, -0.15) is 5.10 Å². The number of hydrogen-bond donors (Lipinski definition) is 3. The SMILES string of the molecule is CNCCn1cc(S(=O)(=O)NCc2ncc[nH]2)cn1. The lowest BCUT2D eigenvalue weighted by Gasteiger charge is -2.02. The third kappa shape index (κ3) is 3.63. The lowest BCUT2D eigenvalue weighted by atomic mass is 10.6. The number of likely N-dealkylation sites (N-methyl/N-ethyl adjacent to an activating group) is 1. The lowest BCUT2D eigenvalue weighted by Crippen LogP contribution is -2.23. The predicted octanol–water partition coefficient (Wildman–Crippen LogP) is -0.696. The molecule has 0 atom stereocenters. The molecule has 2 aromatic heterocycles. The van der Waals surface area contributed by atoms with Gasteiger partial charge >= 0.3 is 0 Å². The van der Waals surface area contributed by atoms with E-state index < -0.39 is 10.0 Å². The standard InChI is InChI=1S/C10H16N6O2S/c1-11-4-5-16-8-9(6-14-16)19(17,18)15-7-10-12-2-3-13-10/h2-3,6,8,11,15H,4-5,7H2,1H3,(H,12,13). The Balaban J connectivity index is 2.00. The first kappa shape index (κ1) is 13.7. The molecule has 0 saturated carbocycles. The second kappa shape index (κ2) is 5.95. The molecule has 0 aliphatic carbocycles. The molecule has 0 aliphatic rings. The molecule has 0 spiro atoms. The summed E-state index contributed by atoms with van der Waals surface area (Å²) in [6.07, 6.45) is 6.04. The van der Waals surface area contributed by atoms with Crippen molar-refractivity contribution < 1.29 is 8.42 Å². The molecule has 0 unspecified atom stereocenters. The number of nitrogens with zero attached hydrogens (tertiary/aromatic N) is 3. The largest absolute Gasteiger partial charge is 0.347 e. The van der Waals surface area contributed by atoms with Crippen LogP contribution in [0.25, 0.3) is 0 Å². The summed E-state index contributed by atoms with van der Waals surface area (Å²) in [7, 11) is -1.73. The predicted molar refractivity (Wildman–Crippen MR) is 68.8 cm³/mol. The molecule has 2 heterocycles. The van der Waals surface area contributed by atoms with Gasteiger partial charge < -0.3 is 10.3 Å². The zero-order valence-corrected chi connectivity index (χ0v) is 11.3. The van der Waals surface area contributed by atoms with Gasteiger partial charge in [-0.05, 0) is 7.05 Å². The lowest BCUT2D eigenvalue weighted by molar-refractivity contribution is 0.575. The molecule has 0 aromatic carbocycles. The Bertz CT molecular complexity index is 604. The van der Waals surface area contributed by atoms with Crippen molar-refractivity contribution in [1.29, 1.82) is 0 Å². The van der Waals surface area contributed by atoms with Crippen molar-refractivity contribution in [2.45, 2.75) is 18.0 Å². The Morgan fingerprint density at radius 3 is 3.00 bits per heavy atom. The highest BCUT2D eigenvalue weighted by atomic mass is 32.2. The molecule has 0 bridgehead atoms. The van der Waals surface area contributed by atoms with Gasteiger partial charge in [0.15, 0.2) is 0 Å². The van der Waals surface area contributed by atoms with Gasteiger partial charge in [0.1, 0.15) is 10.7 Å². The van der Waals surface area contributed by atoms with E-state index in [-0.39, 0.29) is 11.4 Å². The summed E-state index contributed by atoms with van der Waals surface area (Å²) in [5, 5.41) is 6.97. The molecular weight excluding hydrogens is 268 g/mol. The van der Waals surface area contributed by atoms with Crippen molar-refractivity contribution >= 4 is 10.0 Å². The van der Waals surface area contributed by atoms with Crippen LogP contribution >= 0.6 is 0 Å². The molecule has 8 nitrogen and oxygen atoms in total. The van der Waals surface area contributed by atoms with Gasteiger partial charge in [-0.25, -0.2) is 18.1 Å². The van der Waals surface area contributed by atoms with Gasteiger partial charge in [-0.1, -0.05) is 0 Å². The van der Waals surface area contributed by atoms with E-state index in [0.29, 0.717) is 12.4 Å². The Hall–Kier alpha value is -1.71. The summed E-state index contributed by atoms with van der Waals surface area (Å²) in [4.78, 5) is 6.92. The molecule has 0 aliphatic heterocycles. The van der Waals surface area contributed by atoms with Crippen molar-refractivity contribution in [1.82, 2.24) is 29.8 Å². The van der Waals surface area contributed by atoms with Gasteiger partial charge in [0.25, 0.3) is 0 Å². The molecule has 9 heteroatoms. The van der Waals surface area contributed by atoms with Gasteiger partial charge in [0.2, 0.25) is 10.0 Å². The van der Waals surface area contributed by atoms with Crippen molar-refractivity contribution in [3.63, 3.8) is 0 Å². The highest BCUT2D eigenvalue weighted by Gasteiger charge is 2.16. The van der Waals surface area contributed by atoms with E-state index in [2.05, 4.69) is 25.1 Å². The molecule has 3 N–H and O–H groups in total. The van der Waals surface area contributed by atoms with Gasteiger partial charge in [-0.3, -0.25) is 4.68 Å². The number of aromatic amines is 1. The minimum atomic E-state index is -3.55. The van der Waals surface area contributed by atoms with Crippen LogP contribution in [0.1, 0.15) is 5.82 Å². The van der Waals surface area contributed by atoms with Crippen LogP contribution in [0.3, 0.4) is 0 Å². The van der Waals surface area contributed by atoms with Crippen molar-refractivity contribution in [3.8, 4) is 0 Å². The normalized spacial score (nSPS) is 11.8. The second-order valence-corrected chi connectivity index (χ2v) is 5.67. The third-order valence-corrected chi connectivity index (χ3v) is 3.85. The maximum absolute atomic E-state index is 12.0. The Morgan fingerprint density at radius 2 is 2.32 bits per heavy atom. The minimum Gasteiger partial charge on any atom is -0.347 e. The monoisotopic (exact) mass is 284 g/mol. The summed E-state index contributed by atoms with van der Waals surface area (Å²) in [6.45, 7) is 1.46. The molecule has 2 rings (SSSR count). The smallest absolute Gasteiger partial charge is 0.244 e. The van der Waals surface area contributed by atoms with Crippen LogP contribution in [-0.2, 0) is 23.1 Å². The maximum atomic E-state index is 12.0. The summed E-state index contributed by atoms with van der Waals surface area (Å²) < 4.78 is 28.0. The Labute approximate surface area is 111 Å². The summed E-state index contributed by atoms with van der Waals surface area (Å²) in [6, 6.07) is 0. The number of nitrogens with one attached hydrogen (secondary N) is 3. The first-order chi connectivity index (χ1) is 9.12. The average molecular weight is 284 g/mol. The highest BCUT2D eigenvalue weighted by Crippen LogP contribution is 2.07. The first-order valence-corrected chi connectivity index (χ1v) is 7.25. The van der Waals surface area contributed by atoms with E-state index in [0.717, 1.165) is 6.54 Å². The van der Waals surface area contributed by atoms with Gasteiger partial charge in [0, 0.05) is 25.1 Å². The fraction of sp³-hybridized carbons (Fsp3) is 0.400. The second-order valence-electron chi connectivity index (χ2n) is 3.90. The summed E-state index contributed by atoms with van der Waals surface area (Å²) in [5.41, 5.74) is 0. The van der Waals surface area contributed by atoms with E-state index in [9.17, 15) is 8.42 Å². The van der Waals surface area contributed by atoms with E-state index in [1.54, 1.807) is 17.1 Å². The number of imidazole rings is 1. The molecule has 2 aromatic rings. The summed E-state index contributed by atoms with van der Waals surface area (Å²) in [5.74, 6) is 0.561. The first-order valence-electron chi connectivity index (χ1n) is 5.77. The number of H-pyrrole nitrogens is 1. The number of hydrogen-bond acceptors (Lipinski definition) is 5. The fourth-order valence-corrected chi connectivity index (χ4v) is 2.41. The number of aromatic nitrogens is 4. The zero-order valence-electron chi connectivity index (χ0n) is 10.5. The quantitative estimate of drug-likeness (QED) is 0.624. The van der Waals surface area contributed by atoms with Gasteiger partial charge in [-0.15, -0.1) is 0 Å². The van der Waals surface area contributed by atoms with Crippen LogP contribution < -0.4 is 10.0 Å². The van der Waals surface area contributed by atoms with E-state index in [4.69, 9.17) is 0 Å². The minimum absolute atomic E-state index is 0.122. The molecular formula is C10H16N6O2S. The van der Waals surface area contributed by atoms with Crippen LogP contribution in [0.5, 0.6) is 0 Å².